The number of aryl methyl sites for hydroxylation is 2. The zero-order valence-electron chi connectivity index (χ0n) is 23.6. The van der Waals surface area contributed by atoms with Crippen molar-refractivity contribution in [3.8, 4) is 11.3 Å². The zero-order chi connectivity index (χ0) is 29.9. The van der Waals surface area contributed by atoms with Gasteiger partial charge in [-0.2, -0.15) is 0 Å². The second-order valence-corrected chi connectivity index (χ2v) is 13.0. The molecule has 1 heterocycles. The predicted molar refractivity (Wildman–Crippen MR) is 162 cm³/mol. The van der Waals surface area contributed by atoms with Gasteiger partial charge in [-0.05, 0) is 59.7 Å². The molecule has 4 aromatic rings. The first kappa shape index (κ1) is 30.2. The smallest absolute Gasteiger partial charge is 0.264 e. The Hall–Kier alpha value is -3.79. The predicted octanol–water partition coefficient (Wildman–Crippen LogP) is 5.98. The summed E-state index contributed by atoms with van der Waals surface area (Å²) >= 11 is 6.22. The van der Waals surface area contributed by atoms with Gasteiger partial charge in [-0.3, -0.25) is 4.79 Å². The summed E-state index contributed by atoms with van der Waals surface area (Å²) in [5.41, 5.74) is 5.14. The van der Waals surface area contributed by atoms with Crippen LogP contribution in [0, 0.1) is 13.8 Å². The van der Waals surface area contributed by atoms with E-state index < -0.39 is 22.0 Å². The number of carbonyl (C=O) groups is 1. The minimum atomic E-state index is -4.16. The molecule has 0 aliphatic carbocycles. The molecule has 3 N–H and O–H groups in total. The minimum Gasteiger partial charge on any atom is -0.387 e. The number of aromatic nitrogens is 2. The number of amides is 1. The van der Waals surface area contributed by atoms with Crippen LogP contribution in [-0.4, -0.2) is 35.9 Å². The van der Waals surface area contributed by atoms with E-state index >= 15 is 0 Å². The average Bonchev–Trinajstić information content (AvgIpc) is 2.90. The van der Waals surface area contributed by atoms with E-state index in [9.17, 15) is 18.3 Å². The van der Waals surface area contributed by atoms with Crippen LogP contribution in [0.4, 0.5) is 5.95 Å². The molecule has 1 amide bonds. The van der Waals surface area contributed by atoms with Crippen molar-refractivity contribution in [2.45, 2.75) is 51.0 Å². The molecule has 8 nitrogen and oxygen atoms in total. The maximum absolute atomic E-state index is 13.2. The molecule has 0 spiro atoms. The lowest BCUT2D eigenvalue weighted by Crippen LogP contribution is -2.28. The van der Waals surface area contributed by atoms with Gasteiger partial charge in [-0.1, -0.05) is 80.9 Å². The number of anilines is 1. The van der Waals surface area contributed by atoms with Crippen molar-refractivity contribution in [3.05, 3.63) is 106 Å². The van der Waals surface area contributed by atoms with Gasteiger partial charge in [0, 0.05) is 23.7 Å². The van der Waals surface area contributed by atoms with Gasteiger partial charge in [-0.25, -0.2) is 23.1 Å². The Morgan fingerprint density at radius 1 is 0.951 bits per heavy atom. The second kappa shape index (κ2) is 12.0. The first-order chi connectivity index (χ1) is 19.2. The number of hydrogen-bond donors (Lipinski definition) is 3. The van der Waals surface area contributed by atoms with Gasteiger partial charge in [0.05, 0.1) is 16.7 Å². The summed E-state index contributed by atoms with van der Waals surface area (Å²) in [7, 11) is -4.16. The van der Waals surface area contributed by atoms with Gasteiger partial charge in [0.25, 0.3) is 15.9 Å². The SMILES string of the molecule is Cc1cccc(C)c1-c1cc(Cl)nc(NS(=O)(=O)c2cccc(C(=O)NCC(O)c3ccc(C(C)(C)C)cc3)c2)n1. The maximum Gasteiger partial charge on any atom is 0.264 e. The highest BCUT2D eigenvalue weighted by atomic mass is 35.5. The molecule has 0 radical (unpaired) electrons. The highest BCUT2D eigenvalue weighted by Crippen LogP contribution is 2.29. The molecule has 1 atom stereocenters. The van der Waals surface area contributed by atoms with E-state index in [1.165, 1.54) is 24.3 Å². The number of halogens is 1. The van der Waals surface area contributed by atoms with E-state index in [4.69, 9.17) is 11.6 Å². The van der Waals surface area contributed by atoms with Crippen molar-refractivity contribution >= 4 is 33.5 Å². The van der Waals surface area contributed by atoms with Gasteiger partial charge in [0.1, 0.15) is 5.15 Å². The molecular weight excluding hydrogens is 560 g/mol. The van der Waals surface area contributed by atoms with E-state index in [1.807, 2.05) is 56.3 Å². The first-order valence-electron chi connectivity index (χ1n) is 13.1. The van der Waals surface area contributed by atoms with Gasteiger partial charge < -0.3 is 10.4 Å². The molecule has 0 aliphatic heterocycles. The normalized spacial score (nSPS) is 12.6. The number of nitrogens with one attached hydrogen (secondary N) is 2. The topological polar surface area (TPSA) is 121 Å². The summed E-state index contributed by atoms with van der Waals surface area (Å²) in [5, 5.41) is 13.3. The fourth-order valence-corrected chi connectivity index (χ4v) is 5.58. The fourth-order valence-electron chi connectivity index (χ4n) is 4.41. The third-order valence-electron chi connectivity index (χ3n) is 6.68. The highest BCUT2D eigenvalue weighted by Gasteiger charge is 2.20. The largest absolute Gasteiger partial charge is 0.387 e. The molecule has 0 saturated carbocycles. The lowest BCUT2D eigenvalue weighted by molar-refractivity contribution is 0.0916. The average molecular weight is 593 g/mol. The van der Waals surface area contributed by atoms with E-state index in [-0.39, 0.29) is 33.5 Å². The van der Waals surface area contributed by atoms with Crippen molar-refractivity contribution in [1.29, 1.82) is 0 Å². The summed E-state index contributed by atoms with van der Waals surface area (Å²) < 4.78 is 28.8. The summed E-state index contributed by atoms with van der Waals surface area (Å²) in [6, 6.07) is 20.5. The molecule has 4 rings (SSSR count). The Morgan fingerprint density at radius 3 is 2.22 bits per heavy atom. The summed E-state index contributed by atoms with van der Waals surface area (Å²) in [5.74, 6) is -0.714. The van der Waals surface area contributed by atoms with Crippen LogP contribution in [0.1, 0.15) is 59.5 Å². The number of sulfonamides is 1. The van der Waals surface area contributed by atoms with Crippen LogP contribution in [0.2, 0.25) is 5.15 Å². The first-order valence-corrected chi connectivity index (χ1v) is 14.9. The van der Waals surface area contributed by atoms with Gasteiger partial charge in [0.2, 0.25) is 5.95 Å². The van der Waals surface area contributed by atoms with E-state index in [1.54, 1.807) is 6.07 Å². The Morgan fingerprint density at radius 2 is 1.59 bits per heavy atom. The number of rotatable bonds is 8. The van der Waals surface area contributed by atoms with Crippen LogP contribution in [0.15, 0.2) is 77.7 Å². The Bertz CT molecular complexity index is 1660. The standard InChI is InChI=1S/C31H33ClN4O4S/c1-19-8-6-9-20(2)28(19)25-17-27(32)35-30(34-25)36-41(39,40)24-11-7-10-22(16-24)29(38)33-18-26(37)21-12-14-23(15-13-21)31(3,4)5/h6-17,26,37H,18H2,1-5H3,(H,33,38)(H,34,35,36). The molecule has 3 aromatic carbocycles. The molecule has 0 saturated heterocycles. The van der Waals surface area contributed by atoms with Crippen molar-refractivity contribution in [3.63, 3.8) is 0 Å². The lowest BCUT2D eigenvalue weighted by atomic mass is 9.86. The lowest BCUT2D eigenvalue weighted by Gasteiger charge is -2.20. The highest BCUT2D eigenvalue weighted by molar-refractivity contribution is 7.92. The summed E-state index contributed by atoms with van der Waals surface area (Å²) in [4.78, 5) is 21.1. The third-order valence-corrected chi connectivity index (χ3v) is 8.20. The number of carbonyl (C=O) groups excluding carboxylic acids is 1. The third kappa shape index (κ3) is 7.30. The summed E-state index contributed by atoms with van der Waals surface area (Å²) in [6.07, 6.45) is -0.924. The number of aliphatic hydroxyl groups excluding tert-OH is 1. The van der Waals surface area contributed by atoms with Crippen molar-refractivity contribution in [1.82, 2.24) is 15.3 Å². The second-order valence-electron chi connectivity index (χ2n) is 10.9. The van der Waals surface area contributed by atoms with Crippen LogP contribution in [0.3, 0.4) is 0 Å². The van der Waals surface area contributed by atoms with E-state index in [0.29, 0.717) is 11.3 Å². The molecule has 0 bridgehead atoms. The number of nitrogens with zero attached hydrogens (tertiary/aromatic N) is 2. The summed E-state index contributed by atoms with van der Waals surface area (Å²) in [6.45, 7) is 10.1. The van der Waals surface area contributed by atoms with Crippen molar-refractivity contribution < 1.29 is 18.3 Å². The Balaban J connectivity index is 1.48. The van der Waals surface area contributed by atoms with E-state index in [2.05, 4.69) is 40.8 Å². The molecule has 0 aliphatic rings. The van der Waals surface area contributed by atoms with Gasteiger partial charge >= 0.3 is 0 Å². The van der Waals surface area contributed by atoms with Crippen LogP contribution in [-0.2, 0) is 15.4 Å². The van der Waals surface area contributed by atoms with Crippen molar-refractivity contribution in [2.24, 2.45) is 0 Å². The Kier molecular flexibility index (Phi) is 8.82. The molecule has 41 heavy (non-hydrogen) atoms. The van der Waals surface area contributed by atoms with Crippen LogP contribution < -0.4 is 10.0 Å². The molecule has 1 unspecified atom stereocenters. The van der Waals surface area contributed by atoms with Crippen molar-refractivity contribution in [2.75, 3.05) is 11.3 Å². The molecule has 0 fully saturated rings. The van der Waals surface area contributed by atoms with E-state index in [0.717, 1.165) is 22.3 Å². The minimum absolute atomic E-state index is 0.0148. The van der Waals surface area contributed by atoms with Gasteiger partial charge in [-0.15, -0.1) is 0 Å². The molecule has 214 valence electrons. The maximum atomic E-state index is 13.2. The van der Waals surface area contributed by atoms with Crippen LogP contribution >= 0.6 is 11.6 Å². The zero-order valence-corrected chi connectivity index (χ0v) is 25.1. The number of hydrogen-bond acceptors (Lipinski definition) is 6. The molecule has 1 aromatic heterocycles. The molecule has 10 heteroatoms. The fraction of sp³-hybridized carbons (Fsp3) is 0.258. The van der Waals surface area contributed by atoms with Crippen LogP contribution in [0.5, 0.6) is 0 Å². The number of benzene rings is 3. The van der Waals surface area contributed by atoms with Gasteiger partial charge in [0.15, 0.2) is 0 Å². The molecular formula is C31H33ClN4O4S. The Labute approximate surface area is 245 Å². The number of aliphatic hydroxyl groups is 1. The quantitative estimate of drug-likeness (QED) is 0.217. The van der Waals surface area contributed by atoms with Crippen LogP contribution in [0.25, 0.3) is 11.3 Å². The monoisotopic (exact) mass is 592 g/mol.